The third-order valence-corrected chi connectivity index (χ3v) is 5.47. The lowest BCUT2D eigenvalue weighted by atomic mass is 10.1. The number of carbonyl (C=O) groups is 3. The van der Waals surface area contributed by atoms with Crippen LogP contribution in [-0.4, -0.2) is 35.4 Å². The summed E-state index contributed by atoms with van der Waals surface area (Å²) in [5, 5.41) is 7.77. The lowest BCUT2D eigenvalue weighted by molar-refractivity contribution is -0.121. The van der Waals surface area contributed by atoms with Crippen LogP contribution in [0.15, 0.2) is 23.6 Å². The lowest BCUT2D eigenvalue weighted by Crippen LogP contribution is -2.33. The average Bonchev–Trinajstić information content (AvgIpc) is 3.30. The topological polar surface area (TPSA) is 91.4 Å². The Bertz CT molecular complexity index is 908. The Morgan fingerprint density at radius 2 is 2.23 bits per heavy atom. The van der Waals surface area contributed by atoms with E-state index in [9.17, 15) is 14.4 Å². The molecular weight excluding hydrogens is 352 g/mol. The van der Waals surface area contributed by atoms with Crippen LogP contribution in [0.25, 0.3) is 11.3 Å². The van der Waals surface area contributed by atoms with Crippen LogP contribution in [0.4, 0.5) is 10.5 Å². The summed E-state index contributed by atoms with van der Waals surface area (Å²) in [6.07, 6.45) is 1.32. The number of benzene rings is 1. The van der Waals surface area contributed by atoms with Gasteiger partial charge in [0.25, 0.3) is 5.91 Å². The van der Waals surface area contributed by atoms with Crippen molar-refractivity contribution >= 4 is 34.9 Å². The molecule has 1 atom stereocenters. The molecule has 1 aromatic heterocycles. The minimum atomic E-state index is -0.621. The SMILES string of the molecule is Cc1nc(-c2ccc3c(c2)CCN3C(=O)CC[C@H]2NC(=O)NC2=O)cs1. The zero-order valence-electron chi connectivity index (χ0n) is 14.2. The molecule has 0 unspecified atom stereocenters. The minimum absolute atomic E-state index is 0.0325. The quantitative estimate of drug-likeness (QED) is 0.805. The predicted molar refractivity (Wildman–Crippen MR) is 98.0 cm³/mol. The van der Waals surface area contributed by atoms with E-state index in [-0.39, 0.29) is 18.2 Å². The summed E-state index contributed by atoms with van der Waals surface area (Å²) < 4.78 is 0. The summed E-state index contributed by atoms with van der Waals surface area (Å²) in [7, 11) is 0. The molecule has 1 saturated heterocycles. The van der Waals surface area contributed by atoms with Gasteiger partial charge in [-0.1, -0.05) is 6.07 Å². The smallest absolute Gasteiger partial charge is 0.322 e. The predicted octanol–water partition coefficient (Wildman–Crippen LogP) is 2.00. The van der Waals surface area contributed by atoms with Crippen LogP contribution in [0.3, 0.4) is 0 Å². The van der Waals surface area contributed by atoms with Crippen LogP contribution in [0.1, 0.15) is 23.4 Å². The van der Waals surface area contributed by atoms with Crippen molar-refractivity contribution in [3.8, 4) is 11.3 Å². The number of rotatable bonds is 4. The van der Waals surface area contributed by atoms with Gasteiger partial charge in [-0.15, -0.1) is 11.3 Å². The molecule has 0 bridgehead atoms. The normalized spacial score (nSPS) is 18.7. The van der Waals surface area contributed by atoms with E-state index >= 15 is 0 Å². The highest BCUT2D eigenvalue weighted by atomic mass is 32.1. The highest BCUT2D eigenvalue weighted by Crippen LogP contribution is 2.33. The number of thiazole rings is 1. The number of nitrogens with zero attached hydrogens (tertiary/aromatic N) is 2. The molecule has 134 valence electrons. The molecule has 4 amide bonds. The number of amides is 4. The molecule has 7 nitrogen and oxygen atoms in total. The van der Waals surface area contributed by atoms with Crippen molar-refractivity contribution in [2.45, 2.75) is 32.2 Å². The van der Waals surface area contributed by atoms with Gasteiger partial charge < -0.3 is 10.2 Å². The molecule has 3 heterocycles. The summed E-state index contributed by atoms with van der Waals surface area (Å²) >= 11 is 1.62. The first-order valence-corrected chi connectivity index (χ1v) is 9.36. The summed E-state index contributed by atoms with van der Waals surface area (Å²) in [6, 6.07) is 4.94. The van der Waals surface area contributed by atoms with E-state index in [0.717, 1.165) is 33.9 Å². The maximum atomic E-state index is 12.6. The Balaban J connectivity index is 1.45. The second-order valence-corrected chi connectivity index (χ2v) is 7.51. The standard InChI is InChI=1S/C18H18N4O3S/c1-10-19-14(9-26-10)11-2-4-15-12(8-11)6-7-22(15)16(23)5-3-13-17(24)21-18(25)20-13/h2,4,8-9,13H,3,5-7H2,1H3,(H2,20,21,24,25)/t13-/m1/s1. The highest BCUT2D eigenvalue weighted by molar-refractivity contribution is 7.09. The molecule has 1 aromatic carbocycles. The number of hydrogen-bond donors (Lipinski definition) is 2. The molecule has 2 N–H and O–H groups in total. The van der Waals surface area contributed by atoms with E-state index in [2.05, 4.69) is 21.7 Å². The number of fused-ring (bicyclic) bond motifs is 1. The van der Waals surface area contributed by atoms with Crippen molar-refractivity contribution in [2.24, 2.45) is 0 Å². The van der Waals surface area contributed by atoms with Crippen LogP contribution >= 0.6 is 11.3 Å². The summed E-state index contributed by atoms with van der Waals surface area (Å²) in [4.78, 5) is 41.6. The third-order valence-electron chi connectivity index (χ3n) is 4.70. The maximum absolute atomic E-state index is 12.6. The van der Waals surface area contributed by atoms with Crippen molar-refractivity contribution in [1.29, 1.82) is 0 Å². The van der Waals surface area contributed by atoms with E-state index in [1.165, 1.54) is 0 Å². The largest absolute Gasteiger partial charge is 0.326 e. The summed E-state index contributed by atoms with van der Waals surface area (Å²) in [5.41, 5.74) is 4.08. The number of hydrogen-bond acceptors (Lipinski definition) is 5. The Morgan fingerprint density at radius 3 is 2.92 bits per heavy atom. The van der Waals surface area contributed by atoms with Gasteiger partial charge >= 0.3 is 6.03 Å². The number of urea groups is 1. The number of carbonyl (C=O) groups excluding carboxylic acids is 3. The van der Waals surface area contributed by atoms with Crippen molar-refractivity contribution in [3.05, 3.63) is 34.2 Å². The minimum Gasteiger partial charge on any atom is -0.326 e. The fourth-order valence-corrected chi connectivity index (χ4v) is 4.00. The monoisotopic (exact) mass is 370 g/mol. The second kappa shape index (κ2) is 6.53. The third kappa shape index (κ3) is 3.08. The molecule has 2 aliphatic heterocycles. The van der Waals surface area contributed by atoms with Crippen LogP contribution in [0.5, 0.6) is 0 Å². The van der Waals surface area contributed by atoms with Gasteiger partial charge in [-0.05, 0) is 37.5 Å². The van der Waals surface area contributed by atoms with Gasteiger partial charge in [0.15, 0.2) is 0 Å². The molecule has 26 heavy (non-hydrogen) atoms. The van der Waals surface area contributed by atoms with Crippen molar-refractivity contribution in [2.75, 3.05) is 11.4 Å². The van der Waals surface area contributed by atoms with Crippen LogP contribution in [0.2, 0.25) is 0 Å². The maximum Gasteiger partial charge on any atom is 0.322 e. The van der Waals surface area contributed by atoms with E-state index in [0.29, 0.717) is 13.0 Å². The zero-order chi connectivity index (χ0) is 18.3. The first-order valence-electron chi connectivity index (χ1n) is 8.48. The second-order valence-electron chi connectivity index (χ2n) is 6.44. The molecule has 0 saturated carbocycles. The van der Waals surface area contributed by atoms with Gasteiger partial charge in [-0.3, -0.25) is 14.9 Å². The van der Waals surface area contributed by atoms with Gasteiger partial charge in [0.05, 0.1) is 10.7 Å². The number of aromatic nitrogens is 1. The van der Waals surface area contributed by atoms with Crippen molar-refractivity contribution in [1.82, 2.24) is 15.6 Å². The van der Waals surface area contributed by atoms with E-state index in [4.69, 9.17) is 0 Å². The molecule has 0 aliphatic carbocycles. The fraction of sp³-hybridized carbons (Fsp3) is 0.333. The van der Waals surface area contributed by atoms with E-state index < -0.39 is 12.1 Å². The van der Waals surface area contributed by atoms with Gasteiger partial charge in [0, 0.05) is 29.6 Å². The van der Waals surface area contributed by atoms with Gasteiger partial charge in [0.2, 0.25) is 5.91 Å². The molecule has 2 aliphatic rings. The number of anilines is 1. The number of nitrogens with one attached hydrogen (secondary N) is 2. The summed E-state index contributed by atoms with van der Waals surface area (Å²) in [6.45, 7) is 2.62. The Morgan fingerprint density at radius 1 is 1.38 bits per heavy atom. The highest BCUT2D eigenvalue weighted by Gasteiger charge is 2.31. The van der Waals surface area contributed by atoms with E-state index in [1.54, 1.807) is 16.2 Å². The van der Waals surface area contributed by atoms with Crippen LogP contribution < -0.4 is 15.5 Å². The molecule has 8 heteroatoms. The lowest BCUT2D eigenvalue weighted by Gasteiger charge is -2.18. The van der Waals surface area contributed by atoms with Crippen LogP contribution in [-0.2, 0) is 16.0 Å². The van der Waals surface area contributed by atoms with Gasteiger partial charge in [-0.2, -0.15) is 0 Å². The van der Waals surface area contributed by atoms with Crippen molar-refractivity contribution < 1.29 is 14.4 Å². The van der Waals surface area contributed by atoms with E-state index in [1.807, 2.05) is 24.4 Å². The first-order chi connectivity index (χ1) is 12.5. The zero-order valence-corrected chi connectivity index (χ0v) is 15.1. The molecule has 0 spiro atoms. The van der Waals surface area contributed by atoms with Gasteiger partial charge in [0.1, 0.15) is 6.04 Å². The first kappa shape index (κ1) is 16.7. The summed E-state index contributed by atoms with van der Waals surface area (Å²) in [5.74, 6) is -0.400. The van der Waals surface area contributed by atoms with Crippen molar-refractivity contribution in [3.63, 3.8) is 0 Å². The molecule has 0 radical (unpaired) electrons. The fourth-order valence-electron chi connectivity index (χ4n) is 3.38. The Labute approximate surface area is 154 Å². The molecular formula is C18H18N4O3S. The Kier molecular flexibility index (Phi) is 4.20. The number of aryl methyl sites for hydroxylation is 1. The average molecular weight is 370 g/mol. The van der Waals surface area contributed by atoms with Crippen LogP contribution in [0, 0.1) is 6.92 Å². The molecule has 4 rings (SSSR count). The number of imide groups is 1. The molecule has 1 fully saturated rings. The van der Waals surface area contributed by atoms with Gasteiger partial charge in [-0.25, -0.2) is 9.78 Å². The Hall–Kier alpha value is -2.74. The molecule has 2 aromatic rings.